The second kappa shape index (κ2) is 6.30. The number of aliphatic hydroxyl groups is 2. The number of ether oxygens (including phenoxy) is 1. The summed E-state index contributed by atoms with van der Waals surface area (Å²) < 4.78 is 40.1. The van der Waals surface area contributed by atoms with Gasteiger partial charge in [0.25, 0.3) is 0 Å². The third kappa shape index (κ3) is 7.58. The molecule has 0 aromatic carbocycles. The van der Waals surface area contributed by atoms with Crippen LogP contribution < -0.4 is 0 Å². The maximum atomic E-state index is 11.7. The van der Waals surface area contributed by atoms with E-state index in [1.54, 1.807) is 6.92 Å². The highest BCUT2D eigenvalue weighted by Gasteiger charge is 2.26. The van der Waals surface area contributed by atoms with Crippen molar-refractivity contribution in [2.24, 2.45) is 5.41 Å². The van der Waals surface area contributed by atoms with Gasteiger partial charge in [-0.25, -0.2) is 0 Å². The monoisotopic (exact) mass is 230 g/mol. The van der Waals surface area contributed by atoms with Crippen LogP contribution in [0.5, 0.6) is 0 Å². The molecule has 15 heavy (non-hydrogen) atoms. The minimum absolute atomic E-state index is 0.0188. The van der Waals surface area contributed by atoms with Crippen molar-refractivity contribution in [3.8, 4) is 0 Å². The Morgan fingerprint density at radius 3 is 2.07 bits per heavy atom. The molecule has 0 radical (unpaired) electrons. The van der Waals surface area contributed by atoms with Crippen molar-refractivity contribution in [1.29, 1.82) is 0 Å². The summed E-state index contributed by atoms with van der Waals surface area (Å²) in [6.45, 7) is 1.11. The van der Waals surface area contributed by atoms with Crippen molar-refractivity contribution in [2.75, 3.05) is 26.4 Å². The van der Waals surface area contributed by atoms with E-state index in [1.807, 2.05) is 0 Å². The van der Waals surface area contributed by atoms with Gasteiger partial charge in [0, 0.05) is 18.4 Å². The van der Waals surface area contributed by atoms with E-state index in [1.165, 1.54) is 0 Å². The van der Waals surface area contributed by atoms with E-state index >= 15 is 0 Å². The third-order valence-electron chi connectivity index (χ3n) is 1.96. The molecule has 0 aliphatic carbocycles. The lowest BCUT2D eigenvalue weighted by Gasteiger charge is -2.24. The molecule has 0 fully saturated rings. The lowest BCUT2D eigenvalue weighted by molar-refractivity contribution is -0.138. The molecule has 0 aromatic heterocycles. The third-order valence-corrected chi connectivity index (χ3v) is 1.96. The van der Waals surface area contributed by atoms with Crippen LogP contribution in [0.1, 0.15) is 19.8 Å². The minimum Gasteiger partial charge on any atom is -0.396 e. The molecule has 0 atom stereocenters. The molecular weight excluding hydrogens is 213 g/mol. The van der Waals surface area contributed by atoms with Gasteiger partial charge in [-0.2, -0.15) is 13.2 Å². The van der Waals surface area contributed by atoms with E-state index < -0.39 is 18.0 Å². The van der Waals surface area contributed by atoms with Gasteiger partial charge in [0.1, 0.15) is 0 Å². The summed E-state index contributed by atoms with van der Waals surface area (Å²) in [7, 11) is 0. The van der Waals surface area contributed by atoms with Crippen LogP contribution in [-0.4, -0.2) is 42.8 Å². The van der Waals surface area contributed by atoms with Gasteiger partial charge in [-0.1, -0.05) is 6.92 Å². The normalized spacial score (nSPS) is 13.2. The molecule has 0 saturated carbocycles. The van der Waals surface area contributed by atoms with Crippen LogP contribution in [0, 0.1) is 5.41 Å². The number of halogens is 3. The van der Waals surface area contributed by atoms with E-state index in [0.29, 0.717) is 0 Å². The Kier molecular flexibility index (Phi) is 6.16. The van der Waals surface area contributed by atoms with Crippen molar-refractivity contribution >= 4 is 0 Å². The zero-order valence-electron chi connectivity index (χ0n) is 8.68. The van der Waals surface area contributed by atoms with Crippen molar-refractivity contribution in [2.45, 2.75) is 25.9 Å². The lowest BCUT2D eigenvalue weighted by atomic mass is 9.95. The standard InChI is InChI=1S/C9H17F3O3/c1-8(5-13,6-14)7-15-4-2-3-9(10,11)12/h13-14H,2-7H2,1H3. The summed E-state index contributed by atoms with van der Waals surface area (Å²) in [6, 6.07) is 0. The molecule has 0 unspecified atom stereocenters. The van der Waals surface area contributed by atoms with E-state index in [-0.39, 0.29) is 32.8 Å². The Balaban J connectivity index is 3.54. The summed E-state index contributed by atoms with van der Waals surface area (Å²) in [6.07, 6.45) is -5.13. The Hall–Kier alpha value is -0.330. The van der Waals surface area contributed by atoms with Crippen LogP contribution in [-0.2, 0) is 4.74 Å². The molecule has 0 heterocycles. The Bertz CT molecular complexity index is 166. The summed E-state index contributed by atoms with van der Waals surface area (Å²) in [5.41, 5.74) is -0.780. The van der Waals surface area contributed by atoms with E-state index in [2.05, 4.69) is 0 Å². The highest BCUT2D eigenvalue weighted by molar-refractivity contribution is 4.70. The highest BCUT2D eigenvalue weighted by Crippen LogP contribution is 2.21. The second-order valence-corrected chi connectivity index (χ2v) is 3.90. The summed E-state index contributed by atoms with van der Waals surface area (Å²) in [4.78, 5) is 0. The van der Waals surface area contributed by atoms with Crippen LogP contribution in [0.2, 0.25) is 0 Å². The molecular formula is C9H17F3O3. The SMILES string of the molecule is CC(CO)(CO)COCCCC(F)(F)F. The van der Waals surface area contributed by atoms with Gasteiger partial charge in [-0.3, -0.25) is 0 Å². The summed E-state index contributed by atoms with van der Waals surface area (Å²) in [5, 5.41) is 17.7. The molecule has 2 N–H and O–H groups in total. The number of hydrogen-bond acceptors (Lipinski definition) is 3. The summed E-state index contributed by atoms with van der Waals surface area (Å²) >= 11 is 0. The second-order valence-electron chi connectivity index (χ2n) is 3.90. The van der Waals surface area contributed by atoms with Crippen LogP contribution in [0.3, 0.4) is 0 Å². The molecule has 0 aromatic rings. The first kappa shape index (κ1) is 14.7. The van der Waals surface area contributed by atoms with Gasteiger partial charge in [0.2, 0.25) is 0 Å². The number of rotatable bonds is 7. The van der Waals surface area contributed by atoms with Gasteiger partial charge >= 0.3 is 6.18 Å². The van der Waals surface area contributed by atoms with Gasteiger partial charge in [-0.15, -0.1) is 0 Å². The fourth-order valence-electron chi connectivity index (χ4n) is 0.835. The zero-order valence-corrected chi connectivity index (χ0v) is 8.68. The fourth-order valence-corrected chi connectivity index (χ4v) is 0.835. The van der Waals surface area contributed by atoms with Crippen LogP contribution >= 0.6 is 0 Å². The van der Waals surface area contributed by atoms with Crippen LogP contribution in [0.25, 0.3) is 0 Å². The Morgan fingerprint density at radius 2 is 1.67 bits per heavy atom. The quantitative estimate of drug-likeness (QED) is 0.649. The number of alkyl halides is 3. The first-order chi connectivity index (χ1) is 6.83. The largest absolute Gasteiger partial charge is 0.396 e. The van der Waals surface area contributed by atoms with Crippen molar-refractivity contribution < 1.29 is 28.1 Å². The minimum atomic E-state index is -4.15. The fraction of sp³-hybridized carbons (Fsp3) is 1.00. The van der Waals surface area contributed by atoms with E-state index in [9.17, 15) is 13.2 Å². The molecule has 0 rings (SSSR count). The van der Waals surface area contributed by atoms with Crippen LogP contribution in [0.4, 0.5) is 13.2 Å². The topological polar surface area (TPSA) is 49.7 Å². The number of aliphatic hydroxyl groups excluding tert-OH is 2. The summed E-state index contributed by atoms with van der Waals surface area (Å²) in [5.74, 6) is 0. The molecule has 0 aliphatic rings. The zero-order chi connectivity index (χ0) is 11.9. The molecule has 0 aliphatic heterocycles. The highest BCUT2D eigenvalue weighted by atomic mass is 19.4. The molecule has 0 amide bonds. The first-order valence-corrected chi connectivity index (χ1v) is 4.69. The molecule has 6 heteroatoms. The van der Waals surface area contributed by atoms with Crippen LogP contribution in [0.15, 0.2) is 0 Å². The average Bonchev–Trinajstić information content (AvgIpc) is 2.15. The van der Waals surface area contributed by atoms with Gasteiger partial charge in [0.15, 0.2) is 0 Å². The Labute approximate surface area is 86.9 Å². The van der Waals surface area contributed by atoms with Gasteiger partial charge in [0.05, 0.1) is 19.8 Å². The van der Waals surface area contributed by atoms with Crippen molar-refractivity contribution in [3.63, 3.8) is 0 Å². The Morgan fingerprint density at radius 1 is 1.13 bits per heavy atom. The molecule has 3 nitrogen and oxygen atoms in total. The smallest absolute Gasteiger partial charge is 0.389 e. The maximum absolute atomic E-state index is 11.7. The predicted molar refractivity (Wildman–Crippen MR) is 48.4 cm³/mol. The molecule has 0 saturated heterocycles. The van der Waals surface area contributed by atoms with Gasteiger partial charge < -0.3 is 14.9 Å². The molecule has 0 bridgehead atoms. The van der Waals surface area contributed by atoms with Gasteiger partial charge in [-0.05, 0) is 6.42 Å². The van der Waals surface area contributed by atoms with E-state index in [0.717, 1.165) is 0 Å². The first-order valence-electron chi connectivity index (χ1n) is 4.69. The number of hydrogen-bond donors (Lipinski definition) is 2. The van der Waals surface area contributed by atoms with E-state index in [4.69, 9.17) is 14.9 Å². The van der Waals surface area contributed by atoms with Crippen molar-refractivity contribution in [1.82, 2.24) is 0 Å². The molecule has 0 spiro atoms. The van der Waals surface area contributed by atoms with Crippen molar-refractivity contribution in [3.05, 3.63) is 0 Å². The molecule has 92 valence electrons. The predicted octanol–water partition coefficient (Wildman–Crippen LogP) is 1.34. The average molecular weight is 230 g/mol. The maximum Gasteiger partial charge on any atom is 0.389 e. The lowest BCUT2D eigenvalue weighted by Crippen LogP contribution is -2.31.